The fraction of sp³-hybridized carbons (Fsp3) is 0.531. The Morgan fingerprint density at radius 1 is 1.10 bits per heavy atom. The highest BCUT2D eigenvalue weighted by molar-refractivity contribution is 7.89. The molecule has 11 nitrogen and oxygen atoms in total. The predicted molar refractivity (Wildman–Crippen MR) is 169 cm³/mol. The second-order valence-electron chi connectivity index (χ2n) is 13.0. The lowest BCUT2D eigenvalue weighted by Crippen LogP contribution is -2.59. The highest BCUT2D eigenvalue weighted by atomic mass is 35.5. The molecule has 2 saturated heterocycles. The third-order valence-electron chi connectivity index (χ3n) is 8.32. The molecule has 0 spiro atoms. The maximum Gasteiger partial charge on any atom is 0.471 e. The number of rotatable bonds is 6. The van der Waals surface area contributed by atoms with E-state index in [4.69, 9.17) is 26.6 Å². The number of carbonyl (C=O) groups is 2. The van der Waals surface area contributed by atoms with E-state index in [1.807, 2.05) is 0 Å². The number of carbonyl (C=O) groups excluding carboxylic acids is 2. The molecule has 0 bridgehead atoms. The van der Waals surface area contributed by atoms with Gasteiger partial charge >= 0.3 is 18.2 Å². The molecule has 260 valence electrons. The van der Waals surface area contributed by atoms with E-state index >= 15 is 0 Å². The van der Waals surface area contributed by atoms with E-state index in [0.717, 1.165) is 4.90 Å². The number of hydrogen-bond acceptors (Lipinski definition) is 8. The van der Waals surface area contributed by atoms with Crippen molar-refractivity contribution in [3.05, 3.63) is 58.0 Å². The smallest absolute Gasteiger partial charge is 0.471 e. The van der Waals surface area contributed by atoms with Gasteiger partial charge in [0.25, 0.3) is 0 Å². The summed E-state index contributed by atoms with van der Waals surface area (Å²) in [6, 6.07) is -0.856. The summed E-state index contributed by atoms with van der Waals surface area (Å²) in [6.45, 7) is 6.33. The average Bonchev–Trinajstić information content (AvgIpc) is 3.64. The molecule has 2 heterocycles. The molecule has 5 rings (SSSR count). The quantitative estimate of drug-likeness (QED) is 0.458. The lowest BCUT2D eigenvalue weighted by atomic mass is 10.0. The molecular weight excluding hydrogens is 675 g/mol. The molecule has 2 aromatic carbocycles. The van der Waals surface area contributed by atoms with Crippen LogP contribution in [0.15, 0.2) is 41.2 Å². The van der Waals surface area contributed by atoms with Crippen molar-refractivity contribution in [2.45, 2.75) is 81.4 Å². The number of sulfonamides is 1. The Morgan fingerprint density at radius 2 is 1.79 bits per heavy atom. The van der Waals surface area contributed by atoms with Crippen LogP contribution >= 0.6 is 11.6 Å². The molecule has 1 aliphatic carbocycles. The molecule has 3 aliphatic rings. The van der Waals surface area contributed by atoms with Gasteiger partial charge in [-0.3, -0.25) is 9.69 Å². The second-order valence-corrected chi connectivity index (χ2v) is 15.1. The number of nitriles is 1. The minimum absolute atomic E-state index is 0.0233. The zero-order valence-electron chi connectivity index (χ0n) is 30.6. The zero-order valence-corrected chi connectivity index (χ0v) is 28.1. The van der Waals surface area contributed by atoms with Crippen LogP contribution in [0.1, 0.15) is 62.4 Å². The van der Waals surface area contributed by atoms with Crippen LogP contribution in [0.2, 0.25) is 5.02 Å². The van der Waals surface area contributed by atoms with Crippen LogP contribution in [-0.2, 0) is 26.0 Å². The molecule has 1 N–H and O–H groups in total. The monoisotopic (exact) mass is 715 g/mol. The summed E-state index contributed by atoms with van der Waals surface area (Å²) >= 11 is 6.33. The first kappa shape index (κ1) is 30.5. The van der Waals surface area contributed by atoms with Gasteiger partial charge in [-0.2, -0.15) is 18.4 Å². The van der Waals surface area contributed by atoms with Gasteiger partial charge in [0.2, 0.25) is 10.0 Å². The molecule has 4 atom stereocenters. The van der Waals surface area contributed by atoms with Gasteiger partial charge in [0.1, 0.15) is 17.5 Å². The van der Waals surface area contributed by atoms with Crippen LogP contribution in [0.25, 0.3) is 0 Å². The van der Waals surface area contributed by atoms with Crippen molar-refractivity contribution in [1.29, 1.82) is 5.26 Å². The maximum atomic E-state index is 13.5. The van der Waals surface area contributed by atoms with Crippen molar-refractivity contribution in [2.24, 2.45) is 0 Å². The highest BCUT2D eigenvalue weighted by Crippen LogP contribution is 2.42. The maximum absolute atomic E-state index is 13.5. The highest BCUT2D eigenvalue weighted by Gasteiger charge is 2.47. The van der Waals surface area contributed by atoms with Crippen molar-refractivity contribution in [3.63, 3.8) is 0 Å². The SMILES string of the molecule is [2H]c1c([2H])c(S(=O)(=O)N[C@H]2CCN(C(=O)OC(C)(C)C)C2)c([2H])c([2H])c1O[C@H]1c2cc(Cl)cc(C#N)c2C[C@@H]1N1CCN(C(=O)C(F)(F)F)[C@H](C)C1. The fourth-order valence-electron chi connectivity index (χ4n) is 6.21. The molecule has 2 amide bonds. The molecule has 2 aromatic rings. The lowest BCUT2D eigenvalue weighted by Gasteiger charge is -2.43. The first-order chi connectivity index (χ1) is 24.0. The summed E-state index contributed by atoms with van der Waals surface area (Å²) in [4.78, 5) is 27.4. The molecule has 0 aromatic heterocycles. The number of hydrogen-bond donors (Lipinski definition) is 1. The predicted octanol–water partition coefficient (Wildman–Crippen LogP) is 4.64. The van der Waals surface area contributed by atoms with Crippen molar-refractivity contribution >= 4 is 33.6 Å². The zero-order chi connectivity index (χ0) is 38.7. The van der Waals surface area contributed by atoms with Crippen molar-refractivity contribution in [2.75, 3.05) is 32.7 Å². The molecule has 16 heteroatoms. The first-order valence-corrected chi connectivity index (χ1v) is 17.0. The number of amides is 2. The minimum Gasteiger partial charge on any atom is -0.484 e. The van der Waals surface area contributed by atoms with Gasteiger partial charge in [-0.25, -0.2) is 17.9 Å². The average molecular weight is 716 g/mol. The van der Waals surface area contributed by atoms with Crippen molar-refractivity contribution < 1.29 is 46.1 Å². The van der Waals surface area contributed by atoms with Gasteiger partial charge in [0.15, 0.2) is 0 Å². The normalized spacial score (nSPS) is 24.6. The van der Waals surface area contributed by atoms with Gasteiger partial charge in [0.05, 0.1) is 28.1 Å². The van der Waals surface area contributed by atoms with Gasteiger partial charge in [-0.05, 0) is 88.0 Å². The molecule has 2 fully saturated rings. The molecular formula is C32H37ClF3N5O6S. The number of nitrogens with zero attached hydrogens (tertiary/aromatic N) is 4. The van der Waals surface area contributed by atoms with Crippen LogP contribution in [-0.4, -0.2) is 97.7 Å². The summed E-state index contributed by atoms with van der Waals surface area (Å²) in [5, 5.41) is 10.0. The third-order valence-corrected chi connectivity index (χ3v) is 9.93. The Balaban J connectivity index is 1.45. The largest absolute Gasteiger partial charge is 0.484 e. The summed E-state index contributed by atoms with van der Waals surface area (Å²) in [7, 11) is -4.67. The lowest BCUT2D eigenvalue weighted by molar-refractivity contribution is -0.190. The Kier molecular flexibility index (Phi) is 8.49. The van der Waals surface area contributed by atoms with Crippen LogP contribution in [0.4, 0.5) is 18.0 Å². The van der Waals surface area contributed by atoms with Gasteiger partial charge in [0, 0.05) is 49.8 Å². The number of piperazine rings is 1. The number of alkyl halides is 3. The van der Waals surface area contributed by atoms with E-state index in [2.05, 4.69) is 10.8 Å². The van der Waals surface area contributed by atoms with Gasteiger partial charge < -0.3 is 19.3 Å². The van der Waals surface area contributed by atoms with Gasteiger partial charge in [-0.1, -0.05) is 11.6 Å². The fourth-order valence-corrected chi connectivity index (χ4v) is 7.56. The Hall–Kier alpha value is -3.58. The van der Waals surface area contributed by atoms with E-state index in [1.54, 1.807) is 25.7 Å². The first-order valence-electron chi connectivity index (χ1n) is 17.2. The van der Waals surface area contributed by atoms with E-state index in [0.29, 0.717) is 11.1 Å². The Bertz CT molecular complexity index is 1920. The van der Waals surface area contributed by atoms with Crippen LogP contribution in [0.3, 0.4) is 0 Å². The van der Waals surface area contributed by atoms with E-state index in [1.165, 1.54) is 24.0 Å². The topological polar surface area (TPSA) is 132 Å². The molecule has 0 saturated carbocycles. The minimum atomic E-state index is -5.06. The number of nitrogens with one attached hydrogen (secondary N) is 1. The van der Waals surface area contributed by atoms with E-state index < -0.39 is 92.8 Å². The summed E-state index contributed by atoms with van der Waals surface area (Å²) in [5.74, 6) is -2.56. The Morgan fingerprint density at radius 3 is 2.40 bits per heavy atom. The van der Waals surface area contributed by atoms with Crippen molar-refractivity contribution in [3.8, 4) is 11.8 Å². The number of benzene rings is 2. The number of fused-ring (bicyclic) bond motifs is 1. The van der Waals surface area contributed by atoms with Crippen LogP contribution < -0.4 is 9.46 Å². The summed E-state index contributed by atoms with van der Waals surface area (Å²) in [6.07, 6.45) is -6.48. The standard InChI is InChI=1S/C32H37ClF3N5O6S/c1-19-17-39(11-12-41(19)29(42)32(34,35)36)27-15-25-20(16-37)13-21(33)14-26(25)28(27)46-23-5-7-24(8-6-23)48(44,45)38-22-9-10-40(18-22)30(43)47-31(2,3)4/h5-8,13-14,19,22,27-28,38H,9-12,15,17-18H2,1-4H3/t19-,22+,27+,28+/m1/s1/i5D,6D,7D,8D. The molecule has 2 aliphatic heterocycles. The second kappa shape index (κ2) is 13.4. The van der Waals surface area contributed by atoms with E-state index in [9.17, 15) is 36.4 Å². The molecule has 0 unspecified atom stereocenters. The van der Waals surface area contributed by atoms with Crippen LogP contribution in [0, 0.1) is 11.3 Å². The number of halogens is 4. The Labute approximate surface area is 288 Å². The number of likely N-dealkylation sites (tertiary alicyclic amines) is 1. The molecule has 0 radical (unpaired) electrons. The number of ether oxygens (including phenoxy) is 2. The summed E-state index contributed by atoms with van der Waals surface area (Å²) in [5.41, 5.74) is 0.297. The van der Waals surface area contributed by atoms with Crippen LogP contribution in [0.5, 0.6) is 5.75 Å². The van der Waals surface area contributed by atoms with Gasteiger partial charge in [-0.15, -0.1) is 0 Å². The summed E-state index contributed by atoms with van der Waals surface area (Å²) < 4.78 is 116. The third kappa shape index (κ3) is 7.83. The van der Waals surface area contributed by atoms with Crippen molar-refractivity contribution in [1.82, 2.24) is 19.4 Å². The molecule has 48 heavy (non-hydrogen) atoms. The van der Waals surface area contributed by atoms with E-state index in [-0.39, 0.29) is 56.2 Å².